The van der Waals surface area contributed by atoms with Gasteiger partial charge in [0, 0.05) is 0 Å². The van der Waals surface area contributed by atoms with E-state index in [0.29, 0.717) is 0 Å². The molecule has 90 valence electrons. The highest BCUT2D eigenvalue weighted by atomic mass is 35.5. The topological polar surface area (TPSA) is 90.6 Å². The Morgan fingerprint density at radius 2 is 2.18 bits per heavy atom. The highest BCUT2D eigenvalue weighted by Crippen LogP contribution is 2.24. The zero-order chi connectivity index (χ0) is 13.0. The number of esters is 1. The number of hydrogen-bond donors (Lipinski definition) is 2. The minimum atomic E-state index is -1.55. The molecule has 0 heterocycles. The van der Waals surface area contributed by atoms with Crippen molar-refractivity contribution >= 4 is 17.6 Å². The first kappa shape index (κ1) is 13.5. The van der Waals surface area contributed by atoms with Crippen LogP contribution in [-0.4, -0.2) is 29.4 Å². The Balaban J connectivity index is 3.05. The van der Waals surface area contributed by atoms with Gasteiger partial charge < -0.3 is 14.9 Å². The molecule has 0 spiro atoms. The quantitative estimate of drug-likeness (QED) is 0.622. The number of methoxy groups -OCH3 is 1. The summed E-state index contributed by atoms with van der Waals surface area (Å²) in [7, 11) is 1.22. The molecule has 2 atom stereocenters. The van der Waals surface area contributed by atoms with Crippen LogP contribution in [0.15, 0.2) is 18.2 Å². The number of ether oxygens (including phenoxy) is 1. The molecule has 0 amide bonds. The van der Waals surface area contributed by atoms with Crippen molar-refractivity contribution < 1.29 is 19.7 Å². The summed E-state index contributed by atoms with van der Waals surface area (Å²) >= 11 is 5.82. The normalized spacial score (nSPS) is 13.6. The number of halogens is 1. The molecule has 0 fully saturated rings. The van der Waals surface area contributed by atoms with E-state index in [1.54, 1.807) is 0 Å². The highest BCUT2D eigenvalue weighted by Gasteiger charge is 2.20. The van der Waals surface area contributed by atoms with Crippen LogP contribution in [0.4, 0.5) is 0 Å². The molecule has 2 unspecified atom stereocenters. The first-order valence-corrected chi connectivity index (χ1v) is 5.02. The van der Waals surface area contributed by atoms with Crippen molar-refractivity contribution in [1.82, 2.24) is 0 Å². The summed E-state index contributed by atoms with van der Waals surface area (Å²) in [6, 6.07) is 5.56. The van der Waals surface area contributed by atoms with E-state index >= 15 is 0 Å². The van der Waals surface area contributed by atoms with Gasteiger partial charge in [-0.2, -0.15) is 5.26 Å². The van der Waals surface area contributed by atoms with Crippen LogP contribution in [-0.2, 0) is 4.74 Å². The van der Waals surface area contributed by atoms with Crippen LogP contribution in [0.1, 0.15) is 22.0 Å². The van der Waals surface area contributed by atoms with Gasteiger partial charge in [0.05, 0.1) is 23.8 Å². The average Bonchev–Trinajstić information content (AvgIpc) is 2.35. The third-order valence-corrected chi connectivity index (χ3v) is 2.48. The number of rotatable bonds is 3. The summed E-state index contributed by atoms with van der Waals surface area (Å²) in [5, 5.41) is 27.2. The lowest BCUT2D eigenvalue weighted by molar-refractivity contribution is 0.0526. The Hall–Kier alpha value is -1.61. The summed E-state index contributed by atoms with van der Waals surface area (Å²) in [5.74, 6) is -0.600. The number of carbonyl (C=O) groups excluding carboxylic acids is 1. The summed E-state index contributed by atoms with van der Waals surface area (Å²) in [6.07, 6.45) is -2.92. The molecule has 0 aliphatic heterocycles. The summed E-state index contributed by atoms with van der Waals surface area (Å²) in [6.45, 7) is 0. The fraction of sp³-hybridized carbons (Fsp3) is 0.273. The lowest BCUT2D eigenvalue weighted by Gasteiger charge is -2.13. The van der Waals surface area contributed by atoms with Crippen molar-refractivity contribution in [2.24, 2.45) is 0 Å². The Kier molecular flexibility index (Phi) is 4.46. The van der Waals surface area contributed by atoms with Crippen LogP contribution in [0.2, 0.25) is 5.02 Å². The van der Waals surface area contributed by atoms with Gasteiger partial charge in [-0.25, -0.2) is 4.79 Å². The van der Waals surface area contributed by atoms with Gasteiger partial charge in [-0.15, -0.1) is 0 Å². The van der Waals surface area contributed by atoms with Crippen LogP contribution >= 0.6 is 11.6 Å². The third kappa shape index (κ3) is 2.94. The Bertz CT molecular complexity index is 469. The summed E-state index contributed by atoms with van der Waals surface area (Å²) in [4.78, 5) is 11.2. The van der Waals surface area contributed by atoms with E-state index in [1.165, 1.54) is 31.4 Å². The fourth-order valence-corrected chi connectivity index (χ4v) is 1.51. The molecule has 0 saturated carbocycles. The first-order valence-electron chi connectivity index (χ1n) is 4.64. The fourth-order valence-electron chi connectivity index (χ4n) is 1.24. The maximum Gasteiger partial charge on any atom is 0.339 e. The number of nitrogens with zero attached hydrogens (tertiary/aromatic N) is 1. The molecule has 0 bridgehead atoms. The second-order valence-electron chi connectivity index (χ2n) is 3.25. The predicted molar refractivity (Wildman–Crippen MR) is 59.4 cm³/mol. The Morgan fingerprint density at radius 3 is 2.65 bits per heavy atom. The molecule has 1 aromatic carbocycles. The van der Waals surface area contributed by atoms with E-state index in [2.05, 4.69) is 4.74 Å². The molecule has 0 saturated heterocycles. The van der Waals surface area contributed by atoms with Gasteiger partial charge in [-0.3, -0.25) is 0 Å². The first-order chi connectivity index (χ1) is 8.01. The van der Waals surface area contributed by atoms with Gasteiger partial charge in [0.15, 0.2) is 6.10 Å². The van der Waals surface area contributed by atoms with E-state index in [0.717, 1.165) is 0 Å². The van der Waals surface area contributed by atoms with E-state index in [4.69, 9.17) is 22.0 Å². The zero-order valence-corrected chi connectivity index (χ0v) is 9.68. The standard InChI is InChI=1S/C11H10ClNO4/c1-17-11(16)7-3-2-6(4-8(7)12)10(15)9(14)5-13/h2-4,9-10,14-15H,1H3. The van der Waals surface area contributed by atoms with Gasteiger partial charge in [0.1, 0.15) is 6.10 Å². The van der Waals surface area contributed by atoms with Crippen molar-refractivity contribution in [3.63, 3.8) is 0 Å². The summed E-state index contributed by atoms with van der Waals surface area (Å²) < 4.78 is 4.50. The Labute approximate surface area is 103 Å². The van der Waals surface area contributed by atoms with E-state index in [1.807, 2.05) is 0 Å². The molecule has 2 N–H and O–H groups in total. The van der Waals surface area contributed by atoms with Crippen LogP contribution in [0.25, 0.3) is 0 Å². The lowest BCUT2D eigenvalue weighted by atomic mass is 10.0. The van der Waals surface area contributed by atoms with E-state index in [9.17, 15) is 9.90 Å². The molecular weight excluding hydrogens is 246 g/mol. The highest BCUT2D eigenvalue weighted by molar-refractivity contribution is 6.33. The van der Waals surface area contributed by atoms with Crippen molar-refractivity contribution in [3.8, 4) is 6.07 Å². The lowest BCUT2D eigenvalue weighted by Crippen LogP contribution is -2.16. The molecule has 0 aliphatic carbocycles. The molecule has 0 radical (unpaired) electrons. The van der Waals surface area contributed by atoms with Crippen molar-refractivity contribution in [1.29, 1.82) is 5.26 Å². The van der Waals surface area contributed by atoms with Crippen molar-refractivity contribution in [2.75, 3.05) is 7.11 Å². The number of hydrogen-bond acceptors (Lipinski definition) is 5. The van der Waals surface area contributed by atoms with Gasteiger partial charge in [0.25, 0.3) is 0 Å². The number of benzene rings is 1. The molecule has 17 heavy (non-hydrogen) atoms. The van der Waals surface area contributed by atoms with Gasteiger partial charge >= 0.3 is 5.97 Å². The number of aliphatic hydroxyl groups is 2. The predicted octanol–water partition coefficient (Wildman–Crippen LogP) is 1.04. The van der Waals surface area contributed by atoms with Crippen LogP contribution in [0, 0.1) is 11.3 Å². The SMILES string of the molecule is COC(=O)c1ccc(C(O)C(O)C#N)cc1Cl. The van der Waals surface area contributed by atoms with Crippen molar-refractivity contribution in [3.05, 3.63) is 34.3 Å². The molecule has 0 aromatic heterocycles. The van der Waals surface area contributed by atoms with E-state index < -0.39 is 18.2 Å². The van der Waals surface area contributed by atoms with Crippen molar-refractivity contribution in [2.45, 2.75) is 12.2 Å². The smallest absolute Gasteiger partial charge is 0.339 e. The maximum absolute atomic E-state index is 11.2. The molecule has 0 aliphatic rings. The summed E-state index contributed by atoms with van der Waals surface area (Å²) in [5.41, 5.74) is 0.397. The van der Waals surface area contributed by atoms with Gasteiger partial charge in [0.2, 0.25) is 0 Å². The van der Waals surface area contributed by atoms with Crippen LogP contribution < -0.4 is 0 Å². The van der Waals surface area contributed by atoms with Gasteiger partial charge in [-0.1, -0.05) is 17.7 Å². The monoisotopic (exact) mass is 255 g/mol. The van der Waals surface area contributed by atoms with Crippen LogP contribution in [0.3, 0.4) is 0 Å². The van der Waals surface area contributed by atoms with E-state index in [-0.39, 0.29) is 16.1 Å². The maximum atomic E-state index is 11.2. The largest absolute Gasteiger partial charge is 0.465 e. The number of aliphatic hydroxyl groups excluding tert-OH is 2. The van der Waals surface area contributed by atoms with Gasteiger partial charge in [-0.05, 0) is 17.7 Å². The number of carbonyl (C=O) groups is 1. The average molecular weight is 256 g/mol. The second kappa shape index (κ2) is 5.64. The molecule has 6 heteroatoms. The molecule has 5 nitrogen and oxygen atoms in total. The molecule has 1 aromatic rings. The minimum Gasteiger partial charge on any atom is -0.465 e. The zero-order valence-electron chi connectivity index (χ0n) is 8.92. The number of nitriles is 1. The van der Waals surface area contributed by atoms with Crippen LogP contribution in [0.5, 0.6) is 0 Å². The minimum absolute atomic E-state index is 0.0820. The molecule has 1 rings (SSSR count). The third-order valence-electron chi connectivity index (χ3n) is 2.17. The second-order valence-corrected chi connectivity index (χ2v) is 3.66. The molecular formula is C11H10ClNO4. The Morgan fingerprint density at radius 1 is 1.53 bits per heavy atom.